The topological polar surface area (TPSA) is 60.7 Å². The van der Waals surface area contributed by atoms with Crippen molar-refractivity contribution >= 4 is 35.0 Å². The maximum atomic E-state index is 14.1. The largest absolute Gasteiger partial charge is 0.466 e. The Morgan fingerprint density at radius 1 is 1.23 bits per heavy atom. The Balaban J connectivity index is 1.99. The second-order valence-corrected chi connectivity index (χ2v) is 8.09. The van der Waals surface area contributed by atoms with Gasteiger partial charge in [-0.15, -0.1) is 0 Å². The predicted molar refractivity (Wildman–Crippen MR) is 114 cm³/mol. The first-order valence-electron chi connectivity index (χ1n) is 9.01. The number of carbonyl (C=O) groups is 1. The molecule has 1 aliphatic rings. The fourth-order valence-electron chi connectivity index (χ4n) is 3.39. The zero-order valence-electron chi connectivity index (χ0n) is 16.1. The lowest BCUT2D eigenvalue weighted by molar-refractivity contribution is -0.136. The van der Waals surface area contributed by atoms with Crippen molar-refractivity contribution in [3.05, 3.63) is 101 Å². The third kappa shape index (κ3) is 3.51. The SMILES string of the molecule is COC(=O)C1=C(C)N=c2s/c(=C/c3ccccc3F)c(=O)n2[C@H]1c1ccc(Cl)cc1. The standard InChI is InChI=1S/C22H16ClFN2O3S/c1-12-18(21(28)29-2)19(13-7-9-15(23)10-8-13)26-20(27)17(30-22(26)25-12)11-14-5-3-4-6-16(14)24/h3-11,19H,1-2H3/b17-11+/t19-/m0/s1. The first kappa shape index (κ1) is 20.3. The molecule has 2 heterocycles. The third-order valence-electron chi connectivity index (χ3n) is 4.80. The maximum Gasteiger partial charge on any atom is 0.338 e. The van der Waals surface area contributed by atoms with Crippen LogP contribution in [0.5, 0.6) is 0 Å². The highest BCUT2D eigenvalue weighted by atomic mass is 35.5. The van der Waals surface area contributed by atoms with Crippen molar-refractivity contribution in [2.75, 3.05) is 7.11 Å². The van der Waals surface area contributed by atoms with E-state index in [2.05, 4.69) is 4.99 Å². The second kappa shape index (κ2) is 8.01. The van der Waals surface area contributed by atoms with E-state index in [1.54, 1.807) is 49.4 Å². The van der Waals surface area contributed by atoms with Crippen LogP contribution in [0.2, 0.25) is 5.02 Å². The molecule has 0 spiro atoms. The average Bonchev–Trinajstić information content (AvgIpc) is 3.03. The summed E-state index contributed by atoms with van der Waals surface area (Å²) in [5, 5.41) is 0.533. The van der Waals surface area contributed by atoms with Gasteiger partial charge in [0.1, 0.15) is 5.82 Å². The number of carbonyl (C=O) groups excluding carboxylic acids is 1. The molecule has 2 aromatic carbocycles. The van der Waals surface area contributed by atoms with Gasteiger partial charge in [0.15, 0.2) is 4.80 Å². The summed E-state index contributed by atoms with van der Waals surface area (Å²) in [6.45, 7) is 1.70. The monoisotopic (exact) mass is 442 g/mol. The Labute approximate surface area is 180 Å². The van der Waals surface area contributed by atoms with Gasteiger partial charge in [-0.05, 0) is 36.8 Å². The molecule has 0 unspecified atom stereocenters. The number of rotatable bonds is 3. The summed E-state index contributed by atoms with van der Waals surface area (Å²) in [4.78, 5) is 30.7. The average molecular weight is 443 g/mol. The molecule has 5 nitrogen and oxygen atoms in total. The molecular weight excluding hydrogens is 427 g/mol. The number of hydrogen-bond donors (Lipinski definition) is 0. The van der Waals surface area contributed by atoms with E-state index in [-0.39, 0.29) is 11.1 Å². The molecule has 0 fully saturated rings. The van der Waals surface area contributed by atoms with Crippen LogP contribution in [0, 0.1) is 5.82 Å². The van der Waals surface area contributed by atoms with E-state index in [1.165, 1.54) is 23.8 Å². The summed E-state index contributed by atoms with van der Waals surface area (Å²) in [6, 6.07) is 12.4. The van der Waals surface area contributed by atoms with Crippen molar-refractivity contribution < 1.29 is 13.9 Å². The fourth-order valence-corrected chi connectivity index (χ4v) is 4.55. The highest BCUT2D eigenvalue weighted by molar-refractivity contribution is 7.07. The smallest absolute Gasteiger partial charge is 0.338 e. The Morgan fingerprint density at radius 2 is 1.93 bits per heavy atom. The van der Waals surface area contributed by atoms with Crippen LogP contribution in [-0.4, -0.2) is 17.6 Å². The minimum Gasteiger partial charge on any atom is -0.466 e. The molecule has 1 aromatic heterocycles. The van der Waals surface area contributed by atoms with E-state index in [9.17, 15) is 14.0 Å². The highest BCUT2D eigenvalue weighted by Crippen LogP contribution is 2.31. The molecule has 8 heteroatoms. The molecular formula is C22H16ClFN2O3S. The van der Waals surface area contributed by atoms with Crippen molar-refractivity contribution in [1.29, 1.82) is 0 Å². The lowest BCUT2D eigenvalue weighted by Crippen LogP contribution is -2.39. The van der Waals surface area contributed by atoms with Gasteiger partial charge in [-0.3, -0.25) is 9.36 Å². The molecule has 0 N–H and O–H groups in total. The van der Waals surface area contributed by atoms with Crippen molar-refractivity contribution in [1.82, 2.24) is 4.57 Å². The molecule has 0 aliphatic carbocycles. The predicted octanol–water partition coefficient (Wildman–Crippen LogP) is 3.20. The fraction of sp³-hybridized carbons (Fsp3) is 0.136. The van der Waals surface area contributed by atoms with Gasteiger partial charge in [-0.25, -0.2) is 14.2 Å². The molecule has 152 valence electrons. The van der Waals surface area contributed by atoms with Crippen LogP contribution in [-0.2, 0) is 9.53 Å². The summed E-state index contributed by atoms with van der Waals surface area (Å²) in [5.74, 6) is -0.997. The van der Waals surface area contributed by atoms with Crippen LogP contribution < -0.4 is 14.9 Å². The summed E-state index contributed by atoms with van der Waals surface area (Å²) in [7, 11) is 1.28. The summed E-state index contributed by atoms with van der Waals surface area (Å²) < 4.78 is 20.8. The Morgan fingerprint density at radius 3 is 2.60 bits per heavy atom. The van der Waals surface area contributed by atoms with Crippen LogP contribution in [0.25, 0.3) is 6.08 Å². The molecule has 1 atom stereocenters. The number of esters is 1. The first-order valence-corrected chi connectivity index (χ1v) is 10.2. The molecule has 1 aliphatic heterocycles. The Bertz CT molecular complexity index is 1360. The van der Waals surface area contributed by atoms with Gasteiger partial charge in [0.25, 0.3) is 5.56 Å². The number of allylic oxidation sites excluding steroid dienone is 1. The molecule has 4 rings (SSSR count). The van der Waals surface area contributed by atoms with Gasteiger partial charge in [-0.1, -0.05) is 53.3 Å². The Kier molecular flexibility index (Phi) is 5.40. The molecule has 0 amide bonds. The molecule has 0 saturated carbocycles. The second-order valence-electron chi connectivity index (χ2n) is 6.65. The van der Waals surface area contributed by atoms with Gasteiger partial charge in [0.2, 0.25) is 0 Å². The third-order valence-corrected chi connectivity index (χ3v) is 6.04. The van der Waals surface area contributed by atoms with Crippen LogP contribution in [0.3, 0.4) is 0 Å². The van der Waals surface area contributed by atoms with E-state index in [4.69, 9.17) is 16.3 Å². The molecule has 30 heavy (non-hydrogen) atoms. The quantitative estimate of drug-likeness (QED) is 0.585. The van der Waals surface area contributed by atoms with Gasteiger partial charge in [0.05, 0.1) is 29.0 Å². The van der Waals surface area contributed by atoms with Crippen LogP contribution in [0.4, 0.5) is 4.39 Å². The molecule has 0 radical (unpaired) electrons. The van der Waals surface area contributed by atoms with Crippen molar-refractivity contribution in [3.8, 4) is 0 Å². The zero-order chi connectivity index (χ0) is 21.4. The number of nitrogens with zero attached hydrogens (tertiary/aromatic N) is 2. The number of benzene rings is 2. The Hall–Kier alpha value is -3.03. The minimum absolute atomic E-state index is 0.268. The number of ether oxygens (including phenoxy) is 1. The van der Waals surface area contributed by atoms with E-state index in [0.717, 1.165) is 11.3 Å². The number of fused-ring (bicyclic) bond motifs is 1. The van der Waals surface area contributed by atoms with Crippen LogP contribution in [0.15, 0.2) is 69.6 Å². The number of thiazole rings is 1. The number of aromatic nitrogens is 1. The zero-order valence-corrected chi connectivity index (χ0v) is 17.6. The van der Waals surface area contributed by atoms with E-state index in [1.807, 2.05) is 0 Å². The van der Waals surface area contributed by atoms with E-state index in [0.29, 0.717) is 31.2 Å². The summed E-state index contributed by atoms with van der Waals surface area (Å²) >= 11 is 7.16. The van der Waals surface area contributed by atoms with Gasteiger partial charge in [-0.2, -0.15) is 0 Å². The summed E-state index contributed by atoms with van der Waals surface area (Å²) in [5.41, 5.74) is 1.35. The lowest BCUT2D eigenvalue weighted by atomic mass is 9.96. The minimum atomic E-state index is -0.728. The van der Waals surface area contributed by atoms with E-state index < -0.39 is 17.8 Å². The summed E-state index contributed by atoms with van der Waals surface area (Å²) in [6.07, 6.45) is 1.50. The van der Waals surface area contributed by atoms with Crippen molar-refractivity contribution in [2.45, 2.75) is 13.0 Å². The lowest BCUT2D eigenvalue weighted by Gasteiger charge is -2.24. The van der Waals surface area contributed by atoms with E-state index >= 15 is 0 Å². The number of halogens is 2. The van der Waals surface area contributed by atoms with Gasteiger partial charge < -0.3 is 4.74 Å². The maximum absolute atomic E-state index is 14.1. The normalized spacial score (nSPS) is 16.3. The van der Waals surface area contributed by atoms with Gasteiger partial charge in [0, 0.05) is 10.6 Å². The number of methoxy groups -OCH3 is 1. The molecule has 0 saturated heterocycles. The first-order chi connectivity index (χ1) is 14.4. The highest BCUT2D eigenvalue weighted by Gasteiger charge is 2.33. The molecule has 3 aromatic rings. The number of hydrogen-bond acceptors (Lipinski definition) is 5. The van der Waals surface area contributed by atoms with Crippen LogP contribution in [0.1, 0.15) is 24.1 Å². The van der Waals surface area contributed by atoms with Gasteiger partial charge >= 0.3 is 5.97 Å². The molecule has 0 bridgehead atoms. The van der Waals surface area contributed by atoms with Crippen LogP contribution >= 0.6 is 22.9 Å². The van der Waals surface area contributed by atoms with Crippen molar-refractivity contribution in [3.63, 3.8) is 0 Å². The van der Waals surface area contributed by atoms with Crippen molar-refractivity contribution in [2.24, 2.45) is 4.99 Å².